The summed E-state index contributed by atoms with van der Waals surface area (Å²) in [6.07, 6.45) is 1.92. The van der Waals surface area contributed by atoms with Gasteiger partial charge in [-0.1, -0.05) is 49.6 Å². The minimum absolute atomic E-state index is 0.0185. The number of nitrogens with two attached hydrogens (primary N) is 1. The quantitative estimate of drug-likeness (QED) is 0.352. The van der Waals surface area contributed by atoms with Crippen LogP contribution in [0.4, 0.5) is 4.79 Å². The van der Waals surface area contributed by atoms with Crippen LogP contribution in [0.3, 0.4) is 0 Å². The van der Waals surface area contributed by atoms with Gasteiger partial charge >= 0.3 is 6.09 Å². The Balaban J connectivity index is 3.37. The van der Waals surface area contributed by atoms with Gasteiger partial charge < -0.3 is 26.0 Å². The number of nitrogens with zero attached hydrogens (tertiary/aromatic N) is 1. The van der Waals surface area contributed by atoms with Crippen LogP contribution in [0.5, 0.6) is 0 Å². The lowest BCUT2D eigenvalue weighted by atomic mass is 9.99. The number of aryl methyl sites for hydroxylation is 1. The largest absolute Gasteiger partial charge is 0.444 e. The molecule has 202 valence electrons. The molecule has 0 saturated carbocycles. The highest BCUT2D eigenvalue weighted by Gasteiger charge is 2.37. The van der Waals surface area contributed by atoms with Gasteiger partial charge in [-0.3, -0.25) is 14.4 Å². The molecule has 0 saturated heterocycles. The third-order valence-electron chi connectivity index (χ3n) is 5.48. The Labute approximate surface area is 215 Å². The average molecular weight is 505 g/mol. The molecule has 0 aliphatic carbocycles. The molecule has 1 aromatic carbocycles. The Morgan fingerprint density at radius 3 is 2.17 bits per heavy atom. The van der Waals surface area contributed by atoms with Crippen molar-refractivity contribution in [2.45, 2.75) is 104 Å². The fourth-order valence-electron chi connectivity index (χ4n) is 3.72. The van der Waals surface area contributed by atoms with E-state index in [2.05, 4.69) is 17.6 Å². The zero-order valence-electron chi connectivity index (χ0n) is 22.8. The molecule has 0 fully saturated rings. The van der Waals surface area contributed by atoms with E-state index in [0.717, 1.165) is 24.8 Å². The molecular formula is C27H44N4O5. The van der Waals surface area contributed by atoms with Crippen molar-refractivity contribution in [3.05, 3.63) is 35.4 Å². The summed E-state index contributed by atoms with van der Waals surface area (Å²) in [4.78, 5) is 52.8. The Kier molecular flexibility index (Phi) is 12.4. The fraction of sp³-hybridized carbons (Fsp3) is 0.630. The molecule has 0 aromatic heterocycles. The number of nitrogens with one attached hydrogen (secondary N) is 2. The number of hydrogen-bond donors (Lipinski definition) is 3. The van der Waals surface area contributed by atoms with Gasteiger partial charge in [0.05, 0.1) is 0 Å². The van der Waals surface area contributed by atoms with Crippen molar-refractivity contribution in [1.29, 1.82) is 0 Å². The van der Waals surface area contributed by atoms with Crippen LogP contribution in [0.1, 0.15) is 90.8 Å². The summed E-state index contributed by atoms with van der Waals surface area (Å²) in [5.74, 6) is -1.40. The van der Waals surface area contributed by atoms with Crippen molar-refractivity contribution in [3.8, 4) is 0 Å². The maximum absolute atomic E-state index is 13.9. The first-order valence-electron chi connectivity index (χ1n) is 12.7. The first-order valence-corrected chi connectivity index (χ1v) is 12.7. The summed E-state index contributed by atoms with van der Waals surface area (Å²) in [7, 11) is 0. The number of alkyl carbamates (subject to hydrolysis) is 1. The smallest absolute Gasteiger partial charge is 0.408 e. The highest BCUT2D eigenvalue weighted by molar-refractivity contribution is 5.92. The molecule has 0 heterocycles. The Hall–Kier alpha value is -3.10. The van der Waals surface area contributed by atoms with Crippen molar-refractivity contribution in [3.63, 3.8) is 0 Å². The molecule has 0 radical (unpaired) electrons. The van der Waals surface area contributed by atoms with Crippen LogP contribution in [-0.4, -0.2) is 52.9 Å². The van der Waals surface area contributed by atoms with Crippen LogP contribution in [0.25, 0.3) is 0 Å². The van der Waals surface area contributed by atoms with Crippen molar-refractivity contribution in [1.82, 2.24) is 15.5 Å². The second-order valence-corrected chi connectivity index (χ2v) is 10.4. The van der Waals surface area contributed by atoms with Crippen LogP contribution in [-0.2, 0) is 19.1 Å². The van der Waals surface area contributed by atoms with E-state index in [-0.39, 0.29) is 24.8 Å². The second kappa shape index (κ2) is 14.5. The topological polar surface area (TPSA) is 131 Å². The van der Waals surface area contributed by atoms with Crippen molar-refractivity contribution in [2.75, 3.05) is 6.54 Å². The Bertz CT molecular complexity index is 877. The van der Waals surface area contributed by atoms with Crippen LogP contribution in [0.15, 0.2) is 24.3 Å². The molecule has 0 spiro atoms. The number of ether oxygens (including phenoxy) is 1. The minimum Gasteiger partial charge on any atom is -0.444 e. The molecule has 0 aliphatic rings. The molecule has 2 atom stereocenters. The maximum Gasteiger partial charge on any atom is 0.408 e. The van der Waals surface area contributed by atoms with E-state index in [0.29, 0.717) is 12.1 Å². The number of carbonyl (C=O) groups is 4. The summed E-state index contributed by atoms with van der Waals surface area (Å²) < 4.78 is 5.33. The van der Waals surface area contributed by atoms with Gasteiger partial charge in [-0.05, 0) is 59.9 Å². The summed E-state index contributed by atoms with van der Waals surface area (Å²) in [6, 6.07) is 5.02. The van der Waals surface area contributed by atoms with Crippen LogP contribution in [0, 0.1) is 6.92 Å². The van der Waals surface area contributed by atoms with E-state index in [4.69, 9.17) is 10.5 Å². The molecule has 9 nitrogen and oxygen atoms in total. The van der Waals surface area contributed by atoms with Crippen LogP contribution >= 0.6 is 0 Å². The van der Waals surface area contributed by atoms with E-state index in [1.165, 1.54) is 4.90 Å². The molecule has 9 heteroatoms. The Morgan fingerprint density at radius 2 is 1.67 bits per heavy atom. The third kappa shape index (κ3) is 10.7. The van der Waals surface area contributed by atoms with Gasteiger partial charge in [0, 0.05) is 19.0 Å². The van der Waals surface area contributed by atoms with Crippen molar-refractivity contribution < 1.29 is 23.9 Å². The first-order chi connectivity index (χ1) is 16.8. The zero-order valence-corrected chi connectivity index (χ0v) is 22.8. The first kappa shape index (κ1) is 30.9. The van der Waals surface area contributed by atoms with Crippen LogP contribution < -0.4 is 16.4 Å². The summed E-state index contributed by atoms with van der Waals surface area (Å²) in [5, 5.41) is 5.55. The second-order valence-electron chi connectivity index (χ2n) is 10.4. The molecule has 1 aromatic rings. The maximum atomic E-state index is 13.9. The molecule has 0 aliphatic heterocycles. The predicted octanol–water partition coefficient (Wildman–Crippen LogP) is 3.74. The van der Waals surface area contributed by atoms with E-state index < -0.39 is 35.6 Å². The average Bonchev–Trinajstić information content (AvgIpc) is 2.76. The third-order valence-corrected chi connectivity index (χ3v) is 5.48. The number of rotatable bonds is 13. The van der Waals surface area contributed by atoms with Gasteiger partial charge in [0.25, 0.3) is 0 Å². The number of carbonyl (C=O) groups excluding carboxylic acids is 4. The van der Waals surface area contributed by atoms with E-state index >= 15 is 0 Å². The molecule has 4 N–H and O–H groups in total. The SMILES string of the molecule is CCCCCNC(=O)C(c1ccc(C)cc1)N(C(=O)C(CCC(N)=O)NC(=O)OC(C)(C)C)C(C)C. The summed E-state index contributed by atoms with van der Waals surface area (Å²) >= 11 is 0. The fourth-order valence-corrected chi connectivity index (χ4v) is 3.72. The van der Waals surface area contributed by atoms with Gasteiger partial charge in [-0.2, -0.15) is 0 Å². The van der Waals surface area contributed by atoms with Crippen molar-refractivity contribution >= 4 is 23.8 Å². The predicted molar refractivity (Wildman–Crippen MR) is 140 cm³/mol. The molecule has 2 unspecified atom stereocenters. The summed E-state index contributed by atoms with van der Waals surface area (Å²) in [6.45, 7) is 13.3. The molecule has 36 heavy (non-hydrogen) atoms. The van der Waals surface area contributed by atoms with E-state index in [1.807, 2.05) is 45.0 Å². The number of amides is 4. The molecular weight excluding hydrogens is 460 g/mol. The van der Waals surface area contributed by atoms with Crippen molar-refractivity contribution in [2.24, 2.45) is 5.73 Å². The highest BCUT2D eigenvalue weighted by Crippen LogP contribution is 2.26. The standard InChI is InChI=1S/C27H44N4O5/c1-8-9-10-17-29-24(33)23(20-13-11-19(4)12-14-20)31(18(2)3)25(34)21(15-16-22(28)32)30-26(35)36-27(5,6)7/h11-14,18,21,23H,8-10,15-17H2,1-7H3,(H2,28,32)(H,29,33)(H,30,35). The van der Waals surface area contributed by atoms with Gasteiger partial charge in [0.15, 0.2) is 0 Å². The van der Waals surface area contributed by atoms with Gasteiger partial charge in [-0.15, -0.1) is 0 Å². The van der Waals surface area contributed by atoms with E-state index in [1.54, 1.807) is 20.8 Å². The summed E-state index contributed by atoms with van der Waals surface area (Å²) in [5.41, 5.74) is 6.23. The van der Waals surface area contributed by atoms with Gasteiger partial charge in [0.2, 0.25) is 17.7 Å². The lowest BCUT2D eigenvalue weighted by Gasteiger charge is -2.37. The molecule has 0 bridgehead atoms. The lowest BCUT2D eigenvalue weighted by molar-refractivity contribution is -0.144. The van der Waals surface area contributed by atoms with Gasteiger partial charge in [0.1, 0.15) is 17.7 Å². The zero-order chi connectivity index (χ0) is 27.5. The molecule has 1 rings (SSSR count). The number of benzene rings is 1. The number of primary amides is 1. The van der Waals surface area contributed by atoms with E-state index in [9.17, 15) is 19.2 Å². The number of unbranched alkanes of at least 4 members (excludes halogenated alkanes) is 2. The normalized spacial score (nSPS) is 13.0. The van der Waals surface area contributed by atoms with Crippen LogP contribution in [0.2, 0.25) is 0 Å². The monoisotopic (exact) mass is 504 g/mol. The number of hydrogen-bond acceptors (Lipinski definition) is 5. The molecule has 4 amide bonds. The van der Waals surface area contributed by atoms with Gasteiger partial charge in [-0.25, -0.2) is 4.79 Å². The Morgan fingerprint density at radius 1 is 1.06 bits per heavy atom. The lowest BCUT2D eigenvalue weighted by Crippen LogP contribution is -2.55. The highest BCUT2D eigenvalue weighted by atomic mass is 16.6. The minimum atomic E-state index is -1.10.